The quantitative estimate of drug-likeness (QED) is 0.691. The highest BCUT2D eigenvalue weighted by atomic mass is 32.2. The van der Waals surface area contributed by atoms with Crippen LogP contribution in [0.2, 0.25) is 0 Å². The third kappa shape index (κ3) is 5.49. The van der Waals surface area contributed by atoms with Crippen molar-refractivity contribution in [3.63, 3.8) is 0 Å². The van der Waals surface area contributed by atoms with Gasteiger partial charge in [-0.25, -0.2) is 8.42 Å². The molecule has 0 saturated carbocycles. The smallest absolute Gasteiger partial charge is 0.244 e. The van der Waals surface area contributed by atoms with Crippen LogP contribution in [0.5, 0.6) is 0 Å². The fraction of sp³-hybridized carbons (Fsp3) is 0.556. The van der Waals surface area contributed by atoms with Crippen molar-refractivity contribution in [1.29, 1.82) is 5.26 Å². The molecule has 9 heteroatoms. The summed E-state index contributed by atoms with van der Waals surface area (Å²) in [6.45, 7) is 4.66. The van der Waals surface area contributed by atoms with Crippen molar-refractivity contribution < 1.29 is 17.9 Å². The number of carbonyl (C=O) groups is 1. The highest BCUT2D eigenvalue weighted by molar-refractivity contribution is 7.89. The Morgan fingerprint density at radius 2 is 2.15 bits per heavy atom. The summed E-state index contributed by atoms with van der Waals surface area (Å²) in [4.78, 5) is 12.0. The Kier molecular flexibility index (Phi) is 7.33. The molecule has 27 heavy (non-hydrogen) atoms. The molecule has 1 heterocycles. The lowest BCUT2D eigenvalue weighted by Crippen LogP contribution is -2.51. The maximum atomic E-state index is 12.9. The van der Waals surface area contributed by atoms with Crippen molar-refractivity contribution in [2.45, 2.75) is 37.3 Å². The zero-order valence-corrected chi connectivity index (χ0v) is 16.4. The summed E-state index contributed by atoms with van der Waals surface area (Å²) < 4.78 is 32.7. The average Bonchev–Trinajstić information content (AvgIpc) is 2.65. The number of nitrogens with zero attached hydrogens (tertiary/aromatic N) is 2. The van der Waals surface area contributed by atoms with Gasteiger partial charge in [-0.2, -0.15) is 9.57 Å². The van der Waals surface area contributed by atoms with Gasteiger partial charge >= 0.3 is 0 Å². The number of carbonyl (C=O) groups excluding carboxylic acids is 1. The standard InChI is InChI=1S/C18H26N4O4S/c1-13(2)9-16(20)18(23)21-11-15-12-22(7-8-26-15)27(24,25)17-6-4-3-5-14(17)10-19/h3-6,13,15-16H,7-9,11-12,20H2,1-2H3,(H,21,23)/t15-,16+/m1/s1. The van der Waals surface area contributed by atoms with E-state index in [0.29, 0.717) is 12.3 Å². The van der Waals surface area contributed by atoms with Gasteiger partial charge in [0.1, 0.15) is 6.07 Å². The summed E-state index contributed by atoms with van der Waals surface area (Å²) in [7, 11) is -3.82. The zero-order chi connectivity index (χ0) is 20.0. The summed E-state index contributed by atoms with van der Waals surface area (Å²) in [5.41, 5.74) is 5.95. The topological polar surface area (TPSA) is 126 Å². The number of nitrogens with one attached hydrogen (secondary N) is 1. The number of ether oxygens (including phenoxy) is 1. The molecule has 0 bridgehead atoms. The maximum Gasteiger partial charge on any atom is 0.244 e. The zero-order valence-electron chi connectivity index (χ0n) is 15.6. The van der Waals surface area contributed by atoms with Crippen LogP contribution in [0.4, 0.5) is 0 Å². The molecular weight excluding hydrogens is 368 g/mol. The summed E-state index contributed by atoms with van der Waals surface area (Å²) in [5.74, 6) is 0.0274. The molecule has 1 amide bonds. The maximum absolute atomic E-state index is 12.9. The number of sulfonamides is 1. The normalized spacial score (nSPS) is 19.4. The van der Waals surface area contributed by atoms with Crippen molar-refractivity contribution in [3.05, 3.63) is 29.8 Å². The van der Waals surface area contributed by atoms with Crippen LogP contribution in [-0.4, -0.2) is 57.0 Å². The second kappa shape index (κ2) is 9.28. The van der Waals surface area contributed by atoms with E-state index >= 15 is 0 Å². The molecule has 1 aromatic carbocycles. The molecule has 0 spiro atoms. The van der Waals surface area contributed by atoms with Crippen LogP contribution in [0.15, 0.2) is 29.2 Å². The van der Waals surface area contributed by atoms with E-state index in [-0.39, 0.29) is 42.6 Å². The van der Waals surface area contributed by atoms with Gasteiger partial charge in [0.25, 0.3) is 0 Å². The van der Waals surface area contributed by atoms with E-state index in [2.05, 4.69) is 5.32 Å². The largest absolute Gasteiger partial charge is 0.374 e. The van der Waals surface area contributed by atoms with Crippen molar-refractivity contribution in [2.24, 2.45) is 11.7 Å². The lowest BCUT2D eigenvalue weighted by molar-refractivity contribution is -0.123. The third-order valence-corrected chi connectivity index (χ3v) is 6.22. The third-order valence-electron chi connectivity index (χ3n) is 4.29. The number of nitriles is 1. The minimum absolute atomic E-state index is 0.0175. The van der Waals surface area contributed by atoms with Gasteiger partial charge in [0.05, 0.1) is 29.2 Å². The summed E-state index contributed by atoms with van der Waals surface area (Å²) in [5, 5.41) is 11.9. The lowest BCUT2D eigenvalue weighted by atomic mass is 10.0. The predicted molar refractivity (Wildman–Crippen MR) is 100 cm³/mol. The number of rotatable bonds is 7. The molecule has 0 radical (unpaired) electrons. The molecule has 8 nitrogen and oxygen atoms in total. The summed E-state index contributed by atoms with van der Waals surface area (Å²) in [6.07, 6.45) is 0.0981. The molecule has 3 N–H and O–H groups in total. The van der Waals surface area contributed by atoms with E-state index in [1.165, 1.54) is 16.4 Å². The fourth-order valence-electron chi connectivity index (χ4n) is 2.92. The monoisotopic (exact) mass is 394 g/mol. The number of nitrogens with two attached hydrogens (primary N) is 1. The Labute approximate surface area is 160 Å². The van der Waals surface area contributed by atoms with Crippen LogP contribution in [0.3, 0.4) is 0 Å². The highest BCUT2D eigenvalue weighted by Crippen LogP contribution is 2.21. The Bertz CT molecular complexity index is 804. The van der Waals surface area contributed by atoms with Crippen LogP contribution < -0.4 is 11.1 Å². The molecule has 2 rings (SSSR count). The van der Waals surface area contributed by atoms with E-state index in [1.54, 1.807) is 12.1 Å². The van der Waals surface area contributed by atoms with E-state index in [1.807, 2.05) is 19.9 Å². The Hall–Kier alpha value is -1.99. The molecule has 1 aliphatic heterocycles. The van der Waals surface area contributed by atoms with Crippen LogP contribution in [0.1, 0.15) is 25.8 Å². The molecule has 1 aromatic rings. The first-order valence-electron chi connectivity index (χ1n) is 8.90. The van der Waals surface area contributed by atoms with Crippen LogP contribution >= 0.6 is 0 Å². The Morgan fingerprint density at radius 3 is 2.81 bits per heavy atom. The van der Waals surface area contributed by atoms with E-state index in [4.69, 9.17) is 10.5 Å². The van der Waals surface area contributed by atoms with Gasteiger partial charge in [0.15, 0.2) is 0 Å². The van der Waals surface area contributed by atoms with Gasteiger partial charge in [0, 0.05) is 19.6 Å². The lowest BCUT2D eigenvalue weighted by Gasteiger charge is -2.32. The highest BCUT2D eigenvalue weighted by Gasteiger charge is 2.32. The minimum Gasteiger partial charge on any atom is -0.374 e. The first kappa shape index (κ1) is 21.3. The van der Waals surface area contributed by atoms with Gasteiger partial charge in [0.2, 0.25) is 15.9 Å². The van der Waals surface area contributed by atoms with E-state index in [0.717, 1.165) is 0 Å². The first-order valence-corrected chi connectivity index (χ1v) is 10.3. The van der Waals surface area contributed by atoms with Gasteiger partial charge in [-0.05, 0) is 24.5 Å². The minimum atomic E-state index is -3.82. The predicted octanol–water partition coefficient (Wildman–Crippen LogP) is 0.437. The van der Waals surface area contributed by atoms with Gasteiger partial charge < -0.3 is 15.8 Å². The van der Waals surface area contributed by atoms with E-state index in [9.17, 15) is 18.5 Å². The Balaban J connectivity index is 2.01. The first-order chi connectivity index (χ1) is 12.8. The molecule has 0 aliphatic carbocycles. The van der Waals surface area contributed by atoms with Crippen LogP contribution in [0.25, 0.3) is 0 Å². The molecular formula is C18H26N4O4S. The Morgan fingerprint density at radius 1 is 1.44 bits per heavy atom. The molecule has 1 saturated heterocycles. The number of hydrogen-bond acceptors (Lipinski definition) is 6. The SMILES string of the molecule is CC(C)C[C@H](N)C(=O)NC[C@@H]1CN(S(=O)(=O)c2ccccc2C#N)CCO1. The van der Waals surface area contributed by atoms with Crippen LogP contribution in [-0.2, 0) is 19.6 Å². The number of hydrogen-bond donors (Lipinski definition) is 2. The molecule has 1 fully saturated rings. The van der Waals surface area contributed by atoms with Crippen molar-refractivity contribution in [3.8, 4) is 6.07 Å². The van der Waals surface area contributed by atoms with Crippen molar-refractivity contribution in [1.82, 2.24) is 9.62 Å². The average molecular weight is 394 g/mol. The number of benzene rings is 1. The molecule has 0 unspecified atom stereocenters. The molecule has 1 aliphatic rings. The second-order valence-corrected chi connectivity index (χ2v) is 8.85. The van der Waals surface area contributed by atoms with Gasteiger partial charge in [-0.3, -0.25) is 4.79 Å². The van der Waals surface area contributed by atoms with E-state index < -0.39 is 22.2 Å². The number of morpholine rings is 1. The van der Waals surface area contributed by atoms with Gasteiger partial charge in [-0.15, -0.1) is 0 Å². The molecule has 148 valence electrons. The van der Waals surface area contributed by atoms with Crippen molar-refractivity contribution in [2.75, 3.05) is 26.2 Å². The molecule has 2 atom stereocenters. The fourth-order valence-corrected chi connectivity index (χ4v) is 4.52. The number of amides is 1. The summed E-state index contributed by atoms with van der Waals surface area (Å²) in [6, 6.07) is 7.41. The van der Waals surface area contributed by atoms with Crippen LogP contribution in [0, 0.1) is 17.2 Å². The van der Waals surface area contributed by atoms with Crippen molar-refractivity contribution >= 4 is 15.9 Å². The van der Waals surface area contributed by atoms with Gasteiger partial charge in [-0.1, -0.05) is 26.0 Å². The second-order valence-electron chi connectivity index (χ2n) is 6.95. The molecule has 0 aromatic heterocycles. The summed E-state index contributed by atoms with van der Waals surface area (Å²) >= 11 is 0.